The van der Waals surface area contributed by atoms with E-state index < -0.39 is 11.8 Å². The Balaban J connectivity index is 1.96. The van der Waals surface area contributed by atoms with Gasteiger partial charge in [-0.3, -0.25) is 20.4 Å². The van der Waals surface area contributed by atoms with Crippen molar-refractivity contribution in [3.8, 4) is 5.75 Å². The van der Waals surface area contributed by atoms with Crippen molar-refractivity contribution in [2.24, 2.45) is 5.92 Å². The van der Waals surface area contributed by atoms with Crippen LogP contribution in [0.2, 0.25) is 0 Å². The SMILES string of the molecule is CC(C)COc1cccc(C(=O)NNC(=O)c2ccccc2Br)c1. The standard InChI is InChI=1S/C18H19BrN2O3/c1-12(2)11-24-14-7-5-6-13(10-14)17(22)20-21-18(23)15-8-3-4-9-16(15)19/h3-10,12H,11H2,1-2H3,(H,20,22)(H,21,23). The van der Waals surface area contributed by atoms with E-state index in [1.807, 2.05) is 19.9 Å². The maximum absolute atomic E-state index is 12.2. The molecule has 0 heterocycles. The van der Waals surface area contributed by atoms with Crippen molar-refractivity contribution in [3.05, 3.63) is 64.1 Å². The molecule has 0 aromatic heterocycles. The Kier molecular flexibility index (Phi) is 6.37. The van der Waals surface area contributed by atoms with Crippen LogP contribution in [0.1, 0.15) is 34.6 Å². The van der Waals surface area contributed by atoms with Crippen molar-refractivity contribution in [2.75, 3.05) is 6.61 Å². The number of benzene rings is 2. The minimum absolute atomic E-state index is 0.395. The van der Waals surface area contributed by atoms with Crippen molar-refractivity contribution in [1.29, 1.82) is 0 Å². The molecule has 2 amide bonds. The Morgan fingerprint density at radius 1 is 1.04 bits per heavy atom. The summed E-state index contributed by atoms with van der Waals surface area (Å²) in [7, 11) is 0. The molecular weight excluding hydrogens is 372 g/mol. The Labute approximate surface area is 149 Å². The summed E-state index contributed by atoms with van der Waals surface area (Å²) >= 11 is 3.30. The number of hydrogen-bond acceptors (Lipinski definition) is 3. The summed E-state index contributed by atoms with van der Waals surface area (Å²) in [5.41, 5.74) is 5.64. The van der Waals surface area contributed by atoms with E-state index in [4.69, 9.17) is 4.74 Å². The van der Waals surface area contributed by atoms with Crippen LogP contribution in [-0.2, 0) is 0 Å². The second-order valence-electron chi connectivity index (χ2n) is 5.62. The fourth-order valence-electron chi connectivity index (χ4n) is 1.89. The van der Waals surface area contributed by atoms with Gasteiger partial charge in [0.15, 0.2) is 0 Å². The lowest BCUT2D eigenvalue weighted by Crippen LogP contribution is -2.41. The average molecular weight is 391 g/mol. The van der Waals surface area contributed by atoms with Gasteiger partial charge in [0.2, 0.25) is 0 Å². The first-order chi connectivity index (χ1) is 11.5. The van der Waals surface area contributed by atoms with Crippen LogP contribution in [0.3, 0.4) is 0 Å². The molecule has 24 heavy (non-hydrogen) atoms. The van der Waals surface area contributed by atoms with Gasteiger partial charge in [-0.2, -0.15) is 0 Å². The van der Waals surface area contributed by atoms with Gasteiger partial charge in [-0.15, -0.1) is 0 Å². The maximum atomic E-state index is 12.2. The zero-order valence-corrected chi connectivity index (χ0v) is 15.1. The molecule has 6 heteroatoms. The first-order valence-corrected chi connectivity index (χ1v) is 8.34. The van der Waals surface area contributed by atoms with Crippen LogP contribution in [0.5, 0.6) is 5.75 Å². The van der Waals surface area contributed by atoms with E-state index in [1.54, 1.807) is 42.5 Å². The van der Waals surface area contributed by atoms with Crippen LogP contribution < -0.4 is 15.6 Å². The molecule has 126 valence electrons. The highest BCUT2D eigenvalue weighted by molar-refractivity contribution is 9.10. The van der Waals surface area contributed by atoms with Crippen molar-refractivity contribution in [2.45, 2.75) is 13.8 Å². The van der Waals surface area contributed by atoms with E-state index in [9.17, 15) is 9.59 Å². The van der Waals surface area contributed by atoms with Crippen LogP contribution in [-0.4, -0.2) is 18.4 Å². The van der Waals surface area contributed by atoms with Crippen molar-refractivity contribution >= 4 is 27.7 Å². The lowest BCUT2D eigenvalue weighted by Gasteiger charge is -2.11. The van der Waals surface area contributed by atoms with Crippen molar-refractivity contribution < 1.29 is 14.3 Å². The average Bonchev–Trinajstić information content (AvgIpc) is 2.58. The number of nitrogens with one attached hydrogen (secondary N) is 2. The molecule has 0 bridgehead atoms. The summed E-state index contributed by atoms with van der Waals surface area (Å²) in [5, 5.41) is 0. The van der Waals surface area contributed by atoms with Gasteiger partial charge < -0.3 is 4.74 Å². The Morgan fingerprint density at radius 2 is 1.75 bits per heavy atom. The molecule has 0 aliphatic carbocycles. The summed E-state index contributed by atoms with van der Waals surface area (Å²) in [6.07, 6.45) is 0. The monoisotopic (exact) mass is 390 g/mol. The molecule has 0 saturated carbocycles. The van der Waals surface area contributed by atoms with Gasteiger partial charge in [0, 0.05) is 10.0 Å². The molecule has 2 aromatic carbocycles. The second kappa shape index (κ2) is 8.49. The Bertz CT molecular complexity index is 732. The van der Waals surface area contributed by atoms with Crippen LogP contribution in [0.25, 0.3) is 0 Å². The van der Waals surface area contributed by atoms with Crippen LogP contribution in [0, 0.1) is 5.92 Å². The highest BCUT2D eigenvalue weighted by Crippen LogP contribution is 2.16. The minimum Gasteiger partial charge on any atom is -0.493 e. The molecular formula is C18H19BrN2O3. The fraction of sp³-hybridized carbons (Fsp3) is 0.222. The van der Waals surface area contributed by atoms with Gasteiger partial charge in [-0.05, 0) is 52.2 Å². The molecule has 0 aliphatic rings. The van der Waals surface area contributed by atoms with Gasteiger partial charge in [0.05, 0.1) is 12.2 Å². The number of ether oxygens (including phenoxy) is 1. The molecule has 0 unspecified atom stereocenters. The smallest absolute Gasteiger partial charge is 0.270 e. The summed E-state index contributed by atoms with van der Waals surface area (Å²) < 4.78 is 6.25. The minimum atomic E-state index is -0.412. The van der Waals surface area contributed by atoms with Crippen LogP contribution in [0.15, 0.2) is 53.0 Å². The predicted molar refractivity (Wildman–Crippen MR) is 95.8 cm³/mol. The summed E-state index contributed by atoms with van der Waals surface area (Å²) in [6, 6.07) is 13.8. The lowest BCUT2D eigenvalue weighted by atomic mass is 10.2. The number of halogens is 1. The highest BCUT2D eigenvalue weighted by Gasteiger charge is 2.12. The third-order valence-electron chi connectivity index (χ3n) is 3.09. The van der Waals surface area contributed by atoms with Crippen LogP contribution >= 0.6 is 15.9 Å². The Morgan fingerprint density at radius 3 is 2.46 bits per heavy atom. The largest absolute Gasteiger partial charge is 0.493 e. The normalized spacial score (nSPS) is 10.3. The third-order valence-corrected chi connectivity index (χ3v) is 3.78. The Hall–Kier alpha value is -2.34. The quantitative estimate of drug-likeness (QED) is 0.766. The van der Waals surface area contributed by atoms with E-state index in [0.29, 0.717) is 33.9 Å². The van der Waals surface area contributed by atoms with E-state index in [1.165, 1.54) is 0 Å². The number of amides is 2. The third kappa shape index (κ3) is 5.09. The molecule has 0 fully saturated rings. The lowest BCUT2D eigenvalue weighted by molar-refractivity contribution is 0.0846. The number of hydrazine groups is 1. The van der Waals surface area contributed by atoms with E-state index in [2.05, 4.69) is 26.8 Å². The second-order valence-corrected chi connectivity index (χ2v) is 6.48. The van der Waals surface area contributed by atoms with Gasteiger partial charge in [0.25, 0.3) is 11.8 Å². The van der Waals surface area contributed by atoms with Crippen molar-refractivity contribution in [3.63, 3.8) is 0 Å². The molecule has 0 aliphatic heterocycles. The molecule has 2 aromatic rings. The molecule has 5 nitrogen and oxygen atoms in total. The highest BCUT2D eigenvalue weighted by atomic mass is 79.9. The zero-order chi connectivity index (χ0) is 17.5. The van der Waals surface area contributed by atoms with Gasteiger partial charge >= 0.3 is 0 Å². The molecule has 0 atom stereocenters. The van der Waals surface area contributed by atoms with Gasteiger partial charge in [-0.1, -0.05) is 32.0 Å². The van der Waals surface area contributed by atoms with Crippen molar-refractivity contribution in [1.82, 2.24) is 10.9 Å². The van der Waals surface area contributed by atoms with E-state index in [0.717, 1.165) is 0 Å². The molecule has 2 N–H and O–H groups in total. The molecule has 0 radical (unpaired) electrons. The predicted octanol–water partition coefficient (Wildman–Crippen LogP) is 3.56. The first kappa shape index (κ1) is 18.0. The fourth-order valence-corrected chi connectivity index (χ4v) is 2.35. The van der Waals surface area contributed by atoms with E-state index >= 15 is 0 Å². The number of rotatable bonds is 5. The first-order valence-electron chi connectivity index (χ1n) is 7.55. The molecule has 0 saturated heterocycles. The number of carbonyl (C=O) groups excluding carboxylic acids is 2. The molecule has 2 rings (SSSR count). The summed E-state index contributed by atoms with van der Waals surface area (Å²) in [5.74, 6) is 0.202. The summed E-state index contributed by atoms with van der Waals surface area (Å²) in [4.78, 5) is 24.2. The van der Waals surface area contributed by atoms with Crippen LogP contribution in [0.4, 0.5) is 0 Å². The molecule has 0 spiro atoms. The zero-order valence-electron chi connectivity index (χ0n) is 13.5. The number of hydrogen-bond donors (Lipinski definition) is 2. The topological polar surface area (TPSA) is 67.4 Å². The van der Waals surface area contributed by atoms with Gasteiger partial charge in [-0.25, -0.2) is 0 Å². The van der Waals surface area contributed by atoms with Gasteiger partial charge in [0.1, 0.15) is 5.75 Å². The van der Waals surface area contributed by atoms with E-state index in [-0.39, 0.29) is 0 Å². The maximum Gasteiger partial charge on any atom is 0.270 e. The number of carbonyl (C=O) groups is 2. The summed E-state index contributed by atoms with van der Waals surface area (Å²) in [6.45, 7) is 4.67.